The summed E-state index contributed by atoms with van der Waals surface area (Å²) in [5.74, 6) is 0.0000961. The van der Waals surface area contributed by atoms with Gasteiger partial charge in [-0.15, -0.1) is 0 Å². The monoisotopic (exact) mass is 480 g/mol. The van der Waals surface area contributed by atoms with Crippen molar-refractivity contribution < 1.29 is 4.79 Å². The first-order valence-corrected chi connectivity index (χ1v) is 14.0. The molecule has 1 aromatic rings. The number of nitrogens with one attached hydrogen (secondary N) is 2. The Balaban J connectivity index is 2.13. The zero-order valence-electron chi connectivity index (χ0n) is 21.4. The second-order valence-electron chi connectivity index (χ2n) is 10.5. The third-order valence-electron chi connectivity index (χ3n) is 5.92. The second kappa shape index (κ2) is 11.5. The van der Waals surface area contributed by atoms with Gasteiger partial charge >= 0.3 is 0 Å². The van der Waals surface area contributed by atoms with Gasteiger partial charge in [-0.3, -0.25) is 4.79 Å². The second-order valence-corrected chi connectivity index (χ2v) is 14.1. The molecule has 1 amide bonds. The number of benzene rings is 1. The van der Waals surface area contributed by atoms with E-state index in [-0.39, 0.29) is 20.9 Å². The minimum atomic E-state index is -0.0521. The molecule has 0 radical (unpaired) electrons. The third-order valence-corrected chi connectivity index (χ3v) is 10.1. The molecule has 0 saturated carbocycles. The SMILES string of the molecule is CCN(CC)CCNC(=O)c1ccc(N2CC(C)(C)SSC(C)(C)CNCC2(C)C)cc1. The first kappa shape index (κ1) is 27.4. The molecule has 182 valence electrons. The molecule has 1 saturated heterocycles. The lowest BCUT2D eigenvalue weighted by Gasteiger charge is -2.46. The van der Waals surface area contributed by atoms with Gasteiger partial charge in [-0.2, -0.15) is 0 Å². The van der Waals surface area contributed by atoms with Crippen LogP contribution in [0.4, 0.5) is 5.69 Å². The molecule has 0 aromatic heterocycles. The van der Waals surface area contributed by atoms with E-state index in [1.165, 1.54) is 0 Å². The van der Waals surface area contributed by atoms with E-state index in [2.05, 4.69) is 88.0 Å². The molecule has 1 fully saturated rings. The first-order valence-electron chi connectivity index (χ1n) is 11.8. The molecule has 2 N–H and O–H groups in total. The Bertz CT molecular complexity index is 730. The minimum absolute atomic E-state index is 0.0000961. The summed E-state index contributed by atoms with van der Waals surface area (Å²) in [6, 6.07) is 8.13. The Morgan fingerprint density at radius 3 is 2.19 bits per heavy atom. The smallest absolute Gasteiger partial charge is 0.251 e. The number of likely N-dealkylation sites (N-methyl/N-ethyl adjacent to an activating group) is 1. The molecule has 0 unspecified atom stereocenters. The predicted octanol–water partition coefficient (Wildman–Crippen LogP) is 4.89. The van der Waals surface area contributed by atoms with E-state index in [4.69, 9.17) is 0 Å². The van der Waals surface area contributed by atoms with Gasteiger partial charge < -0.3 is 20.4 Å². The molecule has 0 bridgehead atoms. The quantitative estimate of drug-likeness (QED) is 0.542. The van der Waals surface area contributed by atoms with Crippen LogP contribution in [-0.2, 0) is 0 Å². The van der Waals surface area contributed by atoms with Gasteiger partial charge in [0.2, 0.25) is 0 Å². The van der Waals surface area contributed by atoms with E-state index in [9.17, 15) is 4.79 Å². The molecule has 7 heteroatoms. The molecule has 1 aliphatic heterocycles. The molecular weight excluding hydrogens is 436 g/mol. The predicted molar refractivity (Wildman–Crippen MR) is 144 cm³/mol. The average molecular weight is 481 g/mol. The molecule has 1 aliphatic rings. The van der Waals surface area contributed by atoms with Crippen molar-refractivity contribution in [3.63, 3.8) is 0 Å². The number of hydrogen-bond donors (Lipinski definition) is 2. The van der Waals surface area contributed by atoms with Crippen LogP contribution in [0.1, 0.15) is 65.7 Å². The molecule has 2 rings (SSSR count). The average Bonchev–Trinajstić information content (AvgIpc) is 2.73. The molecule has 1 aromatic carbocycles. The number of rotatable bonds is 7. The Morgan fingerprint density at radius 2 is 1.59 bits per heavy atom. The summed E-state index contributed by atoms with van der Waals surface area (Å²) in [6.45, 7) is 24.6. The van der Waals surface area contributed by atoms with Crippen molar-refractivity contribution >= 4 is 33.2 Å². The molecular formula is C25H44N4OS2. The summed E-state index contributed by atoms with van der Waals surface area (Å²) < 4.78 is 0.289. The lowest BCUT2D eigenvalue weighted by atomic mass is 9.98. The highest BCUT2D eigenvalue weighted by Crippen LogP contribution is 2.45. The van der Waals surface area contributed by atoms with Crippen molar-refractivity contribution in [2.24, 2.45) is 0 Å². The van der Waals surface area contributed by atoms with Crippen molar-refractivity contribution in [3.05, 3.63) is 29.8 Å². The number of nitrogens with zero attached hydrogens (tertiary/aromatic N) is 2. The summed E-state index contributed by atoms with van der Waals surface area (Å²) in [6.07, 6.45) is 0. The summed E-state index contributed by atoms with van der Waals surface area (Å²) >= 11 is 0. The van der Waals surface area contributed by atoms with Gasteiger partial charge in [-0.25, -0.2) is 0 Å². The maximum atomic E-state index is 12.6. The fraction of sp³-hybridized carbons (Fsp3) is 0.720. The maximum Gasteiger partial charge on any atom is 0.251 e. The van der Waals surface area contributed by atoms with Crippen LogP contribution in [0.3, 0.4) is 0 Å². The summed E-state index contributed by atoms with van der Waals surface area (Å²) in [4.78, 5) is 17.4. The standard InChI is InChI=1S/C25H44N4OS2/c1-9-28(10-2)16-15-27-22(30)20-11-13-21(14-12-20)29-19-25(7,8)32-31-24(5,6)18-26-17-23(29,3)4/h11-14,26H,9-10,15-19H2,1-8H3,(H,27,30). The molecule has 0 atom stereocenters. The fourth-order valence-corrected chi connectivity index (χ4v) is 6.33. The molecule has 1 heterocycles. The van der Waals surface area contributed by atoms with Crippen LogP contribution in [0.25, 0.3) is 0 Å². The van der Waals surface area contributed by atoms with Gasteiger partial charge in [0.15, 0.2) is 0 Å². The zero-order valence-corrected chi connectivity index (χ0v) is 23.0. The van der Waals surface area contributed by atoms with Crippen LogP contribution >= 0.6 is 21.6 Å². The highest BCUT2D eigenvalue weighted by molar-refractivity contribution is 8.77. The number of carbonyl (C=O) groups excluding carboxylic acids is 1. The Labute approximate surface area is 204 Å². The summed E-state index contributed by atoms with van der Waals surface area (Å²) in [7, 11) is 3.94. The largest absolute Gasteiger partial charge is 0.364 e. The van der Waals surface area contributed by atoms with Crippen molar-refractivity contribution in [2.45, 2.75) is 70.4 Å². The lowest BCUT2D eigenvalue weighted by Crippen LogP contribution is -2.56. The summed E-state index contributed by atoms with van der Waals surface area (Å²) in [5, 5.41) is 6.75. The van der Waals surface area contributed by atoms with Gasteiger partial charge in [0.05, 0.1) is 0 Å². The zero-order chi connectivity index (χ0) is 24.0. The minimum Gasteiger partial charge on any atom is -0.364 e. The van der Waals surface area contributed by atoms with Crippen molar-refractivity contribution in [2.75, 3.05) is 50.7 Å². The van der Waals surface area contributed by atoms with Crippen LogP contribution in [0.5, 0.6) is 0 Å². The fourth-order valence-electron chi connectivity index (χ4n) is 3.84. The summed E-state index contributed by atoms with van der Waals surface area (Å²) in [5.41, 5.74) is 1.83. The van der Waals surface area contributed by atoms with Gasteiger partial charge in [-0.1, -0.05) is 35.4 Å². The van der Waals surface area contributed by atoms with Gasteiger partial charge in [-0.05, 0) is 78.9 Å². The maximum absolute atomic E-state index is 12.6. The van der Waals surface area contributed by atoms with Crippen LogP contribution in [0.15, 0.2) is 24.3 Å². The van der Waals surface area contributed by atoms with Crippen molar-refractivity contribution in [3.8, 4) is 0 Å². The van der Waals surface area contributed by atoms with Crippen molar-refractivity contribution in [1.82, 2.24) is 15.5 Å². The van der Waals surface area contributed by atoms with Crippen LogP contribution in [0.2, 0.25) is 0 Å². The Hall–Kier alpha value is -0.890. The van der Waals surface area contributed by atoms with Crippen LogP contribution < -0.4 is 15.5 Å². The highest BCUT2D eigenvalue weighted by atomic mass is 33.1. The van der Waals surface area contributed by atoms with Gasteiger partial charge in [0.1, 0.15) is 0 Å². The van der Waals surface area contributed by atoms with Gasteiger partial charge in [0, 0.05) is 59.0 Å². The third kappa shape index (κ3) is 8.15. The number of hydrogen-bond acceptors (Lipinski definition) is 6. The molecule has 0 spiro atoms. The van der Waals surface area contributed by atoms with E-state index in [0.717, 1.165) is 50.5 Å². The Kier molecular flexibility index (Phi) is 9.83. The first-order chi connectivity index (χ1) is 14.9. The molecule has 5 nitrogen and oxygen atoms in total. The van der Waals surface area contributed by atoms with Crippen LogP contribution in [-0.4, -0.2) is 71.7 Å². The van der Waals surface area contributed by atoms with E-state index in [1.54, 1.807) is 0 Å². The molecule has 32 heavy (non-hydrogen) atoms. The van der Waals surface area contributed by atoms with Crippen molar-refractivity contribution in [1.29, 1.82) is 0 Å². The highest BCUT2D eigenvalue weighted by Gasteiger charge is 2.36. The number of anilines is 1. The topological polar surface area (TPSA) is 47.6 Å². The number of carbonyl (C=O) groups is 1. The van der Waals surface area contributed by atoms with E-state index in [0.29, 0.717) is 6.54 Å². The van der Waals surface area contributed by atoms with E-state index >= 15 is 0 Å². The van der Waals surface area contributed by atoms with E-state index < -0.39 is 0 Å². The molecule has 0 aliphatic carbocycles. The number of amides is 1. The Morgan fingerprint density at radius 1 is 1.00 bits per heavy atom. The lowest BCUT2D eigenvalue weighted by molar-refractivity contribution is 0.0949. The van der Waals surface area contributed by atoms with Gasteiger partial charge in [0.25, 0.3) is 5.91 Å². The van der Waals surface area contributed by atoms with E-state index in [1.807, 2.05) is 33.7 Å². The van der Waals surface area contributed by atoms with Crippen LogP contribution in [0, 0.1) is 0 Å². The normalized spacial score (nSPS) is 20.7.